The molecule has 0 N–H and O–H groups in total. The Morgan fingerprint density at radius 1 is 1.05 bits per heavy atom. The number of benzene rings is 2. The monoisotopic (exact) mass is 253 g/mol. The van der Waals surface area contributed by atoms with Gasteiger partial charge in [0.1, 0.15) is 0 Å². The third kappa shape index (κ3) is 1.70. The van der Waals surface area contributed by atoms with Gasteiger partial charge in [0.15, 0.2) is 0 Å². The number of aromatic nitrogens is 1. The summed E-state index contributed by atoms with van der Waals surface area (Å²) in [6.07, 6.45) is 0. The van der Waals surface area contributed by atoms with Gasteiger partial charge in [0.25, 0.3) is 0 Å². The highest BCUT2D eigenvalue weighted by Crippen LogP contribution is 2.29. The lowest BCUT2D eigenvalue weighted by molar-refractivity contribution is 0.0601. The summed E-state index contributed by atoms with van der Waals surface area (Å²) in [6.45, 7) is 2.08. The topological polar surface area (TPSA) is 31.2 Å². The number of aryl methyl sites for hydroxylation is 2. The van der Waals surface area contributed by atoms with Gasteiger partial charge in [0.2, 0.25) is 0 Å². The first-order chi connectivity index (χ1) is 9.11. The summed E-state index contributed by atoms with van der Waals surface area (Å²) >= 11 is 0. The molecule has 0 spiro atoms. The van der Waals surface area contributed by atoms with Crippen LogP contribution in [0.5, 0.6) is 0 Å². The van der Waals surface area contributed by atoms with Crippen molar-refractivity contribution in [3.8, 4) is 0 Å². The highest BCUT2D eigenvalue weighted by atomic mass is 16.5. The molecule has 0 unspecified atom stereocenters. The van der Waals surface area contributed by atoms with Gasteiger partial charge in [0, 0.05) is 28.9 Å². The summed E-state index contributed by atoms with van der Waals surface area (Å²) < 4.78 is 6.93. The SMILES string of the molecule is COC(=O)c1ccc2c(c1)c1ccc(C)cc1n2C. The van der Waals surface area contributed by atoms with E-state index >= 15 is 0 Å². The van der Waals surface area contributed by atoms with Crippen LogP contribution in [0.2, 0.25) is 0 Å². The standard InChI is InChI=1S/C16H15NO2/c1-10-4-6-12-13-9-11(16(18)19-3)5-7-14(13)17(2)15(12)8-10/h4-9H,1-3H3. The van der Waals surface area contributed by atoms with E-state index in [0.717, 1.165) is 16.3 Å². The van der Waals surface area contributed by atoms with Crippen LogP contribution in [0.15, 0.2) is 36.4 Å². The van der Waals surface area contributed by atoms with Gasteiger partial charge in [-0.25, -0.2) is 4.79 Å². The molecule has 0 atom stereocenters. The van der Waals surface area contributed by atoms with E-state index in [4.69, 9.17) is 4.74 Å². The second-order valence-corrected chi connectivity index (χ2v) is 4.80. The smallest absolute Gasteiger partial charge is 0.337 e. The van der Waals surface area contributed by atoms with Gasteiger partial charge in [-0.2, -0.15) is 0 Å². The number of esters is 1. The van der Waals surface area contributed by atoms with Crippen LogP contribution in [0.3, 0.4) is 0 Å². The summed E-state index contributed by atoms with van der Waals surface area (Å²) in [5, 5.41) is 2.24. The van der Waals surface area contributed by atoms with Crippen molar-refractivity contribution in [2.24, 2.45) is 7.05 Å². The highest BCUT2D eigenvalue weighted by Gasteiger charge is 2.12. The molecule has 0 amide bonds. The number of hydrogen-bond donors (Lipinski definition) is 0. The summed E-state index contributed by atoms with van der Waals surface area (Å²) in [5.41, 5.74) is 4.11. The van der Waals surface area contributed by atoms with E-state index in [1.54, 1.807) is 6.07 Å². The Balaban J connectivity index is 2.39. The molecule has 19 heavy (non-hydrogen) atoms. The maximum absolute atomic E-state index is 11.6. The summed E-state index contributed by atoms with van der Waals surface area (Å²) in [7, 11) is 3.45. The first-order valence-corrected chi connectivity index (χ1v) is 6.19. The third-order valence-corrected chi connectivity index (χ3v) is 3.58. The molecule has 0 radical (unpaired) electrons. The highest BCUT2D eigenvalue weighted by molar-refractivity contribution is 6.10. The largest absolute Gasteiger partial charge is 0.465 e. The van der Waals surface area contributed by atoms with Crippen molar-refractivity contribution in [2.75, 3.05) is 7.11 Å². The molecule has 0 aliphatic rings. The normalized spacial score (nSPS) is 11.1. The van der Waals surface area contributed by atoms with Crippen molar-refractivity contribution >= 4 is 27.8 Å². The van der Waals surface area contributed by atoms with E-state index in [0.29, 0.717) is 5.56 Å². The molecular weight excluding hydrogens is 238 g/mol. The molecule has 3 aromatic rings. The predicted molar refractivity (Wildman–Crippen MR) is 76.5 cm³/mol. The van der Waals surface area contributed by atoms with Crippen LogP contribution in [-0.2, 0) is 11.8 Å². The predicted octanol–water partition coefficient (Wildman–Crippen LogP) is 3.43. The molecule has 0 bridgehead atoms. The third-order valence-electron chi connectivity index (χ3n) is 3.58. The number of carbonyl (C=O) groups excluding carboxylic acids is 1. The van der Waals surface area contributed by atoms with Crippen molar-refractivity contribution in [3.05, 3.63) is 47.5 Å². The zero-order valence-corrected chi connectivity index (χ0v) is 11.2. The van der Waals surface area contributed by atoms with Gasteiger partial charge < -0.3 is 9.30 Å². The van der Waals surface area contributed by atoms with E-state index in [1.165, 1.54) is 18.2 Å². The molecule has 3 heteroatoms. The maximum atomic E-state index is 11.6. The molecular formula is C16H15NO2. The lowest BCUT2D eigenvalue weighted by Gasteiger charge is -2.00. The number of rotatable bonds is 1. The minimum Gasteiger partial charge on any atom is -0.465 e. The molecule has 0 aliphatic carbocycles. The van der Waals surface area contributed by atoms with Gasteiger partial charge in [-0.15, -0.1) is 0 Å². The zero-order chi connectivity index (χ0) is 13.6. The van der Waals surface area contributed by atoms with Crippen LogP contribution in [0.25, 0.3) is 21.8 Å². The Labute approximate surface area is 111 Å². The Morgan fingerprint density at radius 3 is 2.58 bits per heavy atom. The molecule has 0 saturated carbocycles. The molecule has 3 rings (SSSR count). The number of carbonyl (C=O) groups is 1. The number of hydrogen-bond acceptors (Lipinski definition) is 2. The van der Waals surface area contributed by atoms with Crippen LogP contribution in [0.4, 0.5) is 0 Å². The second kappa shape index (κ2) is 4.12. The Morgan fingerprint density at radius 2 is 1.84 bits per heavy atom. The molecule has 0 saturated heterocycles. The Kier molecular flexibility index (Phi) is 2.56. The zero-order valence-electron chi connectivity index (χ0n) is 11.2. The summed E-state index contributed by atoms with van der Waals surface area (Å²) in [5.74, 6) is -0.300. The van der Waals surface area contributed by atoms with Crippen LogP contribution in [-0.4, -0.2) is 17.6 Å². The van der Waals surface area contributed by atoms with Crippen LogP contribution < -0.4 is 0 Å². The Bertz CT molecular complexity index is 799. The molecule has 1 heterocycles. The average molecular weight is 253 g/mol. The van der Waals surface area contributed by atoms with Crippen molar-refractivity contribution < 1.29 is 9.53 Å². The van der Waals surface area contributed by atoms with E-state index in [9.17, 15) is 4.79 Å². The quantitative estimate of drug-likeness (QED) is 0.622. The van der Waals surface area contributed by atoms with Crippen LogP contribution >= 0.6 is 0 Å². The van der Waals surface area contributed by atoms with Crippen molar-refractivity contribution in [3.63, 3.8) is 0 Å². The van der Waals surface area contributed by atoms with Crippen molar-refractivity contribution in [1.82, 2.24) is 4.57 Å². The lowest BCUT2D eigenvalue weighted by Crippen LogP contribution is -2.00. The average Bonchev–Trinajstić information content (AvgIpc) is 2.70. The Hall–Kier alpha value is -2.29. The minimum atomic E-state index is -0.300. The number of fused-ring (bicyclic) bond motifs is 3. The van der Waals surface area contributed by atoms with E-state index in [2.05, 4.69) is 29.7 Å². The molecule has 2 aromatic carbocycles. The first kappa shape index (κ1) is 11.8. The number of nitrogens with zero attached hydrogens (tertiary/aromatic N) is 1. The molecule has 3 nitrogen and oxygen atoms in total. The molecule has 0 fully saturated rings. The first-order valence-electron chi connectivity index (χ1n) is 6.19. The molecule has 96 valence electrons. The van der Waals surface area contributed by atoms with Crippen molar-refractivity contribution in [1.29, 1.82) is 0 Å². The van der Waals surface area contributed by atoms with E-state index in [1.807, 2.05) is 19.2 Å². The molecule has 1 aromatic heterocycles. The second-order valence-electron chi connectivity index (χ2n) is 4.80. The molecule has 0 aliphatic heterocycles. The fraction of sp³-hybridized carbons (Fsp3) is 0.188. The fourth-order valence-electron chi connectivity index (χ4n) is 2.57. The summed E-state index contributed by atoms with van der Waals surface area (Å²) in [6, 6.07) is 12.0. The maximum Gasteiger partial charge on any atom is 0.337 e. The van der Waals surface area contributed by atoms with Gasteiger partial charge in [-0.3, -0.25) is 0 Å². The summed E-state index contributed by atoms with van der Waals surface area (Å²) in [4.78, 5) is 11.6. The lowest BCUT2D eigenvalue weighted by atomic mass is 10.1. The van der Waals surface area contributed by atoms with Crippen LogP contribution in [0, 0.1) is 6.92 Å². The van der Waals surface area contributed by atoms with Gasteiger partial charge in [-0.05, 0) is 36.8 Å². The van der Waals surface area contributed by atoms with Gasteiger partial charge in [-0.1, -0.05) is 12.1 Å². The number of ether oxygens (including phenoxy) is 1. The fourth-order valence-corrected chi connectivity index (χ4v) is 2.57. The van der Waals surface area contributed by atoms with Crippen molar-refractivity contribution in [2.45, 2.75) is 6.92 Å². The minimum absolute atomic E-state index is 0.300. The van der Waals surface area contributed by atoms with E-state index in [-0.39, 0.29) is 5.97 Å². The van der Waals surface area contributed by atoms with Gasteiger partial charge >= 0.3 is 5.97 Å². The number of methoxy groups -OCH3 is 1. The van der Waals surface area contributed by atoms with Gasteiger partial charge in [0.05, 0.1) is 12.7 Å². The van der Waals surface area contributed by atoms with E-state index < -0.39 is 0 Å². The van der Waals surface area contributed by atoms with Crippen LogP contribution in [0.1, 0.15) is 15.9 Å².